The van der Waals surface area contributed by atoms with Gasteiger partial charge in [0.1, 0.15) is 11.6 Å². The predicted molar refractivity (Wildman–Crippen MR) is 59.0 cm³/mol. The molecule has 0 aromatic carbocycles. The number of hydrogen-bond donors (Lipinski definition) is 1. The first-order valence-corrected chi connectivity index (χ1v) is 5.32. The van der Waals surface area contributed by atoms with Crippen molar-refractivity contribution in [3.05, 3.63) is 17.6 Å². The minimum absolute atomic E-state index is 0.550. The third-order valence-electron chi connectivity index (χ3n) is 2.63. The van der Waals surface area contributed by atoms with E-state index in [0.29, 0.717) is 13.1 Å². The third kappa shape index (κ3) is 2.09. The Labute approximate surface area is 90.0 Å². The second-order valence-corrected chi connectivity index (χ2v) is 4.47. The van der Waals surface area contributed by atoms with Crippen molar-refractivity contribution in [2.24, 2.45) is 0 Å². The molecule has 1 aromatic rings. The summed E-state index contributed by atoms with van der Waals surface area (Å²) in [6.45, 7) is 7.15. The average molecular weight is 207 g/mol. The molecule has 0 aliphatic carbocycles. The Morgan fingerprint density at radius 3 is 2.67 bits per heavy atom. The fourth-order valence-corrected chi connectivity index (χ4v) is 1.89. The van der Waals surface area contributed by atoms with Crippen LogP contribution in [0.5, 0.6) is 0 Å². The average Bonchev–Trinajstić information content (AvgIpc) is 2.13. The molecular formula is C11H17N3O. The van der Waals surface area contributed by atoms with E-state index in [1.807, 2.05) is 19.9 Å². The maximum atomic E-state index is 9.66. The van der Waals surface area contributed by atoms with Gasteiger partial charge in [-0.3, -0.25) is 0 Å². The lowest BCUT2D eigenvalue weighted by Gasteiger charge is -2.45. The molecule has 0 amide bonds. The zero-order valence-corrected chi connectivity index (χ0v) is 9.49. The monoisotopic (exact) mass is 207 g/mol. The molecule has 82 valence electrons. The lowest BCUT2D eigenvalue weighted by atomic mass is 9.97. The number of β-amino-alcohol motifs (C(OH)–C–C–N with tert-alkyl or cyclic N) is 1. The van der Waals surface area contributed by atoms with Gasteiger partial charge in [0.25, 0.3) is 0 Å². The number of anilines is 1. The summed E-state index contributed by atoms with van der Waals surface area (Å²) in [5.41, 5.74) is 0.509. The van der Waals surface area contributed by atoms with E-state index in [9.17, 15) is 5.11 Å². The Balaban J connectivity index is 2.19. The molecule has 1 aliphatic rings. The minimum Gasteiger partial charge on any atom is -0.386 e. The van der Waals surface area contributed by atoms with Crippen LogP contribution in [-0.4, -0.2) is 33.8 Å². The first kappa shape index (κ1) is 10.4. The maximum absolute atomic E-state index is 9.66. The largest absolute Gasteiger partial charge is 0.386 e. The molecule has 0 bridgehead atoms. The van der Waals surface area contributed by atoms with Crippen LogP contribution in [-0.2, 0) is 6.42 Å². The highest BCUT2D eigenvalue weighted by Crippen LogP contribution is 2.25. The maximum Gasteiger partial charge on any atom is 0.132 e. The predicted octanol–water partition coefficient (Wildman–Crippen LogP) is 0.918. The molecule has 1 fully saturated rings. The van der Waals surface area contributed by atoms with E-state index >= 15 is 0 Å². The van der Waals surface area contributed by atoms with Gasteiger partial charge in [-0.1, -0.05) is 6.92 Å². The van der Waals surface area contributed by atoms with Crippen LogP contribution in [0.25, 0.3) is 0 Å². The summed E-state index contributed by atoms with van der Waals surface area (Å²) in [5, 5.41) is 9.66. The molecule has 1 aromatic heterocycles. The molecule has 15 heavy (non-hydrogen) atoms. The van der Waals surface area contributed by atoms with Crippen molar-refractivity contribution >= 4 is 5.82 Å². The number of aliphatic hydroxyl groups is 1. The van der Waals surface area contributed by atoms with Crippen LogP contribution in [0, 0.1) is 6.92 Å². The second-order valence-electron chi connectivity index (χ2n) is 4.47. The summed E-state index contributed by atoms with van der Waals surface area (Å²) in [6.07, 6.45) is 0.917. The lowest BCUT2D eigenvalue weighted by molar-refractivity contribution is 0.0305. The molecule has 2 heterocycles. The number of aryl methyl sites for hydroxylation is 2. The van der Waals surface area contributed by atoms with Crippen LogP contribution in [0.4, 0.5) is 5.82 Å². The lowest BCUT2D eigenvalue weighted by Crippen LogP contribution is -2.60. The molecule has 0 spiro atoms. The van der Waals surface area contributed by atoms with Crippen molar-refractivity contribution in [2.45, 2.75) is 32.8 Å². The Hall–Kier alpha value is -1.16. The standard InChI is InChI=1S/C11H17N3O/c1-4-9-5-10(13-8(2)12-9)14-6-11(3,15)7-14/h5,15H,4,6-7H2,1-3H3. The van der Waals surface area contributed by atoms with E-state index in [0.717, 1.165) is 23.8 Å². The molecule has 1 saturated heterocycles. The van der Waals surface area contributed by atoms with E-state index in [1.165, 1.54) is 0 Å². The molecule has 4 nitrogen and oxygen atoms in total. The van der Waals surface area contributed by atoms with Gasteiger partial charge in [0, 0.05) is 24.8 Å². The molecule has 1 N–H and O–H groups in total. The van der Waals surface area contributed by atoms with Gasteiger partial charge in [0.2, 0.25) is 0 Å². The molecule has 4 heteroatoms. The quantitative estimate of drug-likeness (QED) is 0.783. The highest BCUT2D eigenvalue weighted by Gasteiger charge is 2.37. The van der Waals surface area contributed by atoms with Crippen LogP contribution in [0.15, 0.2) is 6.07 Å². The normalized spacial score (nSPS) is 18.8. The van der Waals surface area contributed by atoms with Gasteiger partial charge < -0.3 is 10.0 Å². The Morgan fingerprint density at radius 2 is 2.13 bits per heavy atom. The van der Waals surface area contributed by atoms with Crippen molar-refractivity contribution in [3.8, 4) is 0 Å². The van der Waals surface area contributed by atoms with Crippen molar-refractivity contribution in [1.29, 1.82) is 0 Å². The molecule has 0 saturated carbocycles. The Kier molecular flexibility index (Phi) is 2.38. The van der Waals surface area contributed by atoms with Crippen LogP contribution in [0.2, 0.25) is 0 Å². The minimum atomic E-state index is -0.550. The summed E-state index contributed by atoms with van der Waals surface area (Å²) in [4.78, 5) is 10.8. The zero-order valence-electron chi connectivity index (χ0n) is 9.49. The topological polar surface area (TPSA) is 49.2 Å². The second kappa shape index (κ2) is 3.45. The SMILES string of the molecule is CCc1cc(N2CC(C)(O)C2)nc(C)n1. The van der Waals surface area contributed by atoms with Gasteiger partial charge in [-0.05, 0) is 20.3 Å². The molecule has 0 atom stereocenters. The fraction of sp³-hybridized carbons (Fsp3) is 0.636. The highest BCUT2D eigenvalue weighted by atomic mass is 16.3. The van der Waals surface area contributed by atoms with Crippen LogP contribution in [0.1, 0.15) is 25.4 Å². The van der Waals surface area contributed by atoms with E-state index in [2.05, 4.69) is 21.8 Å². The number of rotatable bonds is 2. The van der Waals surface area contributed by atoms with E-state index in [-0.39, 0.29) is 0 Å². The molecule has 1 aliphatic heterocycles. The summed E-state index contributed by atoms with van der Waals surface area (Å²) in [5.74, 6) is 1.74. The molecule has 0 radical (unpaired) electrons. The molecular weight excluding hydrogens is 190 g/mol. The van der Waals surface area contributed by atoms with Crippen molar-refractivity contribution in [1.82, 2.24) is 9.97 Å². The smallest absolute Gasteiger partial charge is 0.132 e. The van der Waals surface area contributed by atoms with Gasteiger partial charge in [0.15, 0.2) is 0 Å². The summed E-state index contributed by atoms with van der Waals surface area (Å²) in [6, 6.07) is 2.00. The first-order chi connectivity index (χ1) is 7.00. The van der Waals surface area contributed by atoms with Crippen molar-refractivity contribution in [2.75, 3.05) is 18.0 Å². The van der Waals surface area contributed by atoms with Crippen molar-refractivity contribution < 1.29 is 5.11 Å². The summed E-state index contributed by atoms with van der Waals surface area (Å²) >= 11 is 0. The first-order valence-electron chi connectivity index (χ1n) is 5.32. The van der Waals surface area contributed by atoms with Crippen molar-refractivity contribution in [3.63, 3.8) is 0 Å². The molecule has 0 unspecified atom stereocenters. The van der Waals surface area contributed by atoms with Gasteiger partial charge in [-0.25, -0.2) is 9.97 Å². The Morgan fingerprint density at radius 1 is 1.47 bits per heavy atom. The van der Waals surface area contributed by atoms with Crippen LogP contribution >= 0.6 is 0 Å². The summed E-state index contributed by atoms with van der Waals surface area (Å²) in [7, 11) is 0. The van der Waals surface area contributed by atoms with E-state index in [4.69, 9.17) is 0 Å². The Bertz CT molecular complexity index is 368. The van der Waals surface area contributed by atoms with E-state index < -0.39 is 5.60 Å². The van der Waals surface area contributed by atoms with Gasteiger partial charge in [-0.2, -0.15) is 0 Å². The highest BCUT2D eigenvalue weighted by molar-refractivity contribution is 5.44. The van der Waals surface area contributed by atoms with Gasteiger partial charge >= 0.3 is 0 Å². The van der Waals surface area contributed by atoms with Gasteiger partial charge in [0.05, 0.1) is 5.60 Å². The van der Waals surface area contributed by atoms with Crippen LogP contribution < -0.4 is 4.90 Å². The number of hydrogen-bond acceptors (Lipinski definition) is 4. The number of nitrogens with zero attached hydrogens (tertiary/aromatic N) is 3. The van der Waals surface area contributed by atoms with Crippen LogP contribution in [0.3, 0.4) is 0 Å². The van der Waals surface area contributed by atoms with Gasteiger partial charge in [-0.15, -0.1) is 0 Å². The fourth-order valence-electron chi connectivity index (χ4n) is 1.89. The zero-order chi connectivity index (χ0) is 11.1. The van der Waals surface area contributed by atoms with E-state index in [1.54, 1.807) is 0 Å². The number of aromatic nitrogens is 2. The third-order valence-corrected chi connectivity index (χ3v) is 2.63. The molecule has 2 rings (SSSR count). The summed E-state index contributed by atoms with van der Waals surface area (Å²) < 4.78 is 0.